The lowest BCUT2D eigenvalue weighted by Gasteiger charge is -1.92. The molecule has 0 atom stereocenters. The smallest absolute Gasteiger partial charge is 0.0518 e. The van der Waals surface area contributed by atoms with Crippen LogP contribution in [0.2, 0.25) is 0 Å². The Morgan fingerprint density at radius 2 is 2.20 bits per heavy atom. The Bertz CT molecular complexity index is 56.4. The quantitative estimate of drug-likeness (QED) is 0.419. The second-order valence-corrected chi connectivity index (χ2v) is 0.814. The monoisotopic (exact) mass is 76.1 g/mol. The maximum absolute atomic E-state index is 6.80. The minimum absolute atomic E-state index is 0.868. The minimum atomic E-state index is -1.44. The summed E-state index contributed by atoms with van der Waals surface area (Å²) in [5.41, 5.74) is 9.94. The molecule has 0 aliphatic carbocycles. The summed E-state index contributed by atoms with van der Waals surface area (Å²) in [7, 11) is 0. The molecule has 5 heavy (non-hydrogen) atoms. The zero-order valence-electron chi connectivity index (χ0n) is 5.23. The molecule has 0 unspecified atom stereocenters. The zero-order chi connectivity index (χ0) is 6.08. The first kappa shape index (κ1) is 2.16. The summed E-state index contributed by atoms with van der Waals surface area (Å²) in [4.78, 5) is 0. The number of hydrogen-bond acceptors (Lipinski definition) is 2. The molecule has 0 bridgehead atoms. The summed E-state index contributed by atoms with van der Waals surface area (Å²) in [6.07, 6.45) is -2.31. The summed E-state index contributed by atoms with van der Waals surface area (Å²) in [6.45, 7) is 1.34. The van der Waals surface area contributed by atoms with Gasteiger partial charge in [-0.05, 0) is 6.37 Å². The van der Waals surface area contributed by atoms with Gasteiger partial charge in [-0.3, -0.25) is 0 Å². The molecule has 0 aromatic rings. The van der Waals surface area contributed by atoms with E-state index in [1.807, 2.05) is 0 Å². The Kier molecular flexibility index (Phi) is 0.938. The van der Waals surface area contributed by atoms with E-state index in [1.54, 1.807) is 0 Å². The molecular formula is C3H10N2. The highest BCUT2D eigenvalue weighted by Gasteiger charge is 1.79. The molecule has 0 radical (unpaired) electrons. The Morgan fingerprint density at radius 3 is 2.20 bits per heavy atom. The first-order valence-electron chi connectivity index (χ1n) is 2.46. The third-order valence-corrected chi connectivity index (χ3v) is 0.333. The maximum atomic E-state index is 6.80. The van der Waals surface area contributed by atoms with Gasteiger partial charge < -0.3 is 11.5 Å². The Balaban J connectivity index is 3.54. The molecule has 0 saturated heterocycles. The third-order valence-electron chi connectivity index (χ3n) is 0.333. The van der Waals surface area contributed by atoms with Crippen LogP contribution in [0, 0.1) is 0 Å². The van der Waals surface area contributed by atoms with Gasteiger partial charge in [0.05, 0.1) is 6.17 Å². The predicted octanol–water partition coefficient (Wildman–Crippen LogP) is -0.360. The van der Waals surface area contributed by atoms with E-state index in [1.165, 1.54) is 6.92 Å². The summed E-state index contributed by atoms with van der Waals surface area (Å²) in [6, 6.07) is 0. The van der Waals surface area contributed by atoms with Crippen molar-refractivity contribution in [1.29, 1.82) is 0 Å². The standard InChI is InChI=1S/C3H10N2/c1-2-3(4)5/h3H,2,4-5H2,1H3/i2D2. The topological polar surface area (TPSA) is 52.0 Å². The minimum Gasteiger partial charge on any atom is -0.316 e. The normalized spacial score (nSPS) is 18.4. The highest BCUT2D eigenvalue weighted by Crippen LogP contribution is 1.68. The fraction of sp³-hybridized carbons (Fsp3) is 1.00. The molecule has 0 heterocycles. The molecule has 0 amide bonds. The fourth-order valence-electron chi connectivity index (χ4n) is 0. The first-order valence-corrected chi connectivity index (χ1v) is 1.46. The maximum Gasteiger partial charge on any atom is 0.0518 e. The molecule has 0 aromatic carbocycles. The van der Waals surface area contributed by atoms with E-state index in [2.05, 4.69) is 0 Å². The van der Waals surface area contributed by atoms with Gasteiger partial charge in [-0.1, -0.05) is 6.92 Å². The summed E-state index contributed by atoms with van der Waals surface area (Å²) >= 11 is 0. The summed E-state index contributed by atoms with van der Waals surface area (Å²) < 4.78 is 13.6. The van der Waals surface area contributed by atoms with Crippen LogP contribution >= 0.6 is 0 Å². The zero-order valence-corrected chi connectivity index (χ0v) is 3.23. The average molecular weight is 76.1 g/mol. The third kappa shape index (κ3) is 3.92. The molecule has 0 fully saturated rings. The second kappa shape index (κ2) is 2.18. The highest BCUT2D eigenvalue weighted by atomic mass is 14.8. The molecule has 0 aromatic heterocycles. The van der Waals surface area contributed by atoms with E-state index < -0.39 is 12.5 Å². The SMILES string of the molecule is [2H]C([2H])(C)C(N)N. The van der Waals surface area contributed by atoms with Gasteiger partial charge in [0.25, 0.3) is 0 Å². The van der Waals surface area contributed by atoms with E-state index in [9.17, 15) is 0 Å². The van der Waals surface area contributed by atoms with Gasteiger partial charge in [0, 0.05) is 2.74 Å². The van der Waals surface area contributed by atoms with Crippen molar-refractivity contribution in [2.45, 2.75) is 19.5 Å². The van der Waals surface area contributed by atoms with E-state index in [-0.39, 0.29) is 0 Å². The molecule has 2 nitrogen and oxygen atoms in total. The fourth-order valence-corrected chi connectivity index (χ4v) is 0. The van der Waals surface area contributed by atoms with Crippen LogP contribution in [0.1, 0.15) is 16.0 Å². The average Bonchev–Trinajstić information content (AvgIpc) is 1.31. The molecule has 4 N–H and O–H groups in total. The van der Waals surface area contributed by atoms with Crippen LogP contribution in [-0.4, -0.2) is 6.17 Å². The van der Waals surface area contributed by atoms with Crippen molar-refractivity contribution in [3.8, 4) is 0 Å². The van der Waals surface area contributed by atoms with Gasteiger partial charge in [-0.2, -0.15) is 0 Å². The van der Waals surface area contributed by atoms with Crippen molar-refractivity contribution in [3.05, 3.63) is 0 Å². The van der Waals surface area contributed by atoms with Crippen molar-refractivity contribution in [1.82, 2.24) is 0 Å². The van der Waals surface area contributed by atoms with Gasteiger partial charge in [-0.15, -0.1) is 0 Å². The van der Waals surface area contributed by atoms with Crippen LogP contribution in [0.5, 0.6) is 0 Å². The van der Waals surface area contributed by atoms with Gasteiger partial charge in [0.2, 0.25) is 0 Å². The molecule has 0 aliphatic rings. The van der Waals surface area contributed by atoms with E-state index >= 15 is 0 Å². The molecule has 0 saturated carbocycles. The lowest BCUT2D eigenvalue weighted by molar-refractivity contribution is 0.682. The van der Waals surface area contributed by atoms with E-state index in [4.69, 9.17) is 14.2 Å². The lowest BCUT2D eigenvalue weighted by Crippen LogP contribution is -2.28. The molecule has 0 spiro atoms. The van der Waals surface area contributed by atoms with E-state index in [0.29, 0.717) is 0 Å². The highest BCUT2D eigenvalue weighted by molar-refractivity contribution is 4.40. The molecular weight excluding hydrogens is 64.0 g/mol. The van der Waals surface area contributed by atoms with Crippen LogP contribution in [-0.2, 0) is 0 Å². The largest absolute Gasteiger partial charge is 0.316 e. The van der Waals surface area contributed by atoms with Crippen LogP contribution in [0.4, 0.5) is 0 Å². The number of nitrogens with two attached hydrogens (primary N) is 2. The molecule has 2 heteroatoms. The lowest BCUT2D eigenvalue weighted by atomic mass is 10.4. The summed E-state index contributed by atoms with van der Waals surface area (Å²) in [5, 5.41) is 0. The van der Waals surface area contributed by atoms with Crippen LogP contribution in [0.3, 0.4) is 0 Å². The molecule has 0 aliphatic heterocycles. The molecule has 0 rings (SSSR count). The Labute approximate surface area is 35.0 Å². The first-order chi connectivity index (χ1) is 2.94. The van der Waals surface area contributed by atoms with Crippen LogP contribution in [0.25, 0.3) is 0 Å². The van der Waals surface area contributed by atoms with Gasteiger partial charge in [-0.25, -0.2) is 0 Å². The Morgan fingerprint density at radius 1 is 2.00 bits per heavy atom. The van der Waals surface area contributed by atoms with Crippen LogP contribution in [0.15, 0.2) is 0 Å². The molecule has 32 valence electrons. The van der Waals surface area contributed by atoms with Gasteiger partial charge in [0.15, 0.2) is 0 Å². The van der Waals surface area contributed by atoms with Crippen molar-refractivity contribution in [2.24, 2.45) is 11.5 Å². The number of hydrogen-bond donors (Lipinski definition) is 2. The Hall–Kier alpha value is -0.0800. The van der Waals surface area contributed by atoms with Crippen molar-refractivity contribution >= 4 is 0 Å². The van der Waals surface area contributed by atoms with Crippen molar-refractivity contribution in [3.63, 3.8) is 0 Å². The predicted molar refractivity (Wildman–Crippen MR) is 22.5 cm³/mol. The second-order valence-electron chi connectivity index (χ2n) is 0.814. The van der Waals surface area contributed by atoms with Gasteiger partial charge in [0.1, 0.15) is 0 Å². The summed E-state index contributed by atoms with van der Waals surface area (Å²) in [5.74, 6) is 0. The van der Waals surface area contributed by atoms with Crippen molar-refractivity contribution in [2.75, 3.05) is 0 Å². The van der Waals surface area contributed by atoms with Crippen LogP contribution < -0.4 is 11.5 Å². The van der Waals surface area contributed by atoms with Gasteiger partial charge >= 0.3 is 0 Å². The number of rotatable bonds is 1. The van der Waals surface area contributed by atoms with E-state index in [0.717, 1.165) is 0 Å². The van der Waals surface area contributed by atoms with Crippen molar-refractivity contribution < 1.29 is 2.74 Å².